The van der Waals surface area contributed by atoms with Crippen LogP contribution in [0.15, 0.2) is 42.7 Å². The Morgan fingerprint density at radius 2 is 2.00 bits per heavy atom. The lowest BCUT2D eigenvalue weighted by molar-refractivity contribution is -0.139. The number of aromatic nitrogens is 2. The number of carbonyl (C=O) groups is 1. The molecule has 2 aromatic carbocycles. The fraction of sp³-hybridized carbons (Fsp3) is 0.227. The lowest BCUT2D eigenvalue weighted by Gasteiger charge is -2.19. The van der Waals surface area contributed by atoms with Gasteiger partial charge in [0.25, 0.3) is 0 Å². The molecule has 0 radical (unpaired) electrons. The van der Waals surface area contributed by atoms with E-state index in [2.05, 4.69) is 15.3 Å². The van der Waals surface area contributed by atoms with Gasteiger partial charge in [-0.05, 0) is 42.3 Å². The lowest BCUT2D eigenvalue weighted by Crippen LogP contribution is -2.33. The van der Waals surface area contributed by atoms with Gasteiger partial charge in [-0.15, -0.1) is 0 Å². The molecule has 0 spiro atoms. The van der Waals surface area contributed by atoms with Gasteiger partial charge >= 0.3 is 12.2 Å². The van der Waals surface area contributed by atoms with Crippen LogP contribution in [0.25, 0.3) is 0 Å². The summed E-state index contributed by atoms with van der Waals surface area (Å²) in [6, 6.07) is 7.22. The maximum atomic E-state index is 14.3. The third kappa shape index (κ3) is 4.08. The van der Waals surface area contributed by atoms with E-state index in [1.165, 1.54) is 11.2 Å². The number of nitrogens with one attached hydrogen (secondary N) is 1. The predicted octanol–water partition coefficient (Wildman–Crippen LogP) is 5.77. The van der Waals surface area contributed by atoms with Gasteiger partial charge in [0.15, 0.2) is 5.82 Å². The highest BCUT2D eigenvalue weighted by Gasteiger charge is 2.35. The van der Waals surface area contributed by atoms with Crippen LogP contribution in [0.2, 0.25) is 0 Å². The van der Waals surface area contributed by atoms with Crippen molar-refractivity contribution >= 4 is 29.2 Å². The summed E-state index contributed by atoms with van der Waals surface area (Å²) in [6.07, 6.45) is -2.88. The summed E-state index contributed by atoms with van der Waals surface area (Å²) < 4.78 is 59.1. The summed E-state index contributed by atoms with van der Waals surface area (Å²) >= 11 is 1.73. The second-order valence-electron chi connectivity index (χ2n) is 7.49. The number of thioether (sulfide) groups is 1. The van der Waals surface area contributed by atoms with Gasteiger partial charge in [0, 0.05) is 29.3 Å². The Balaban J connectivity index is 1.34. The Bertz CT molecular complexity index is 1250. The Labute approximate surface area is 190 Å². The van der Waals surface area contributed by atoms with Crippen LogP contribution in [0.4, 0.5) is 33.7 Å². The first-order valence-corrected chi connectivity index (χ1v) is 11.1. The number of anilines is 2. The van der Waals surface area contributed by atoms with Gasteiger partial charge in [0.2, 0.25) is 5.88 Å². The minimum atomic E-state index is -4.86. The summed E-state index contributed by atoms with van der Waals surface area (Å²) in [6.45, 7) is 0.296. The fourth-order valence-corrected chi connectivity index (χ4v) is 4.87. The maximum absolute atomic E-state index is 14.3. The summed E-state index contributed by atoms with van der Waals surface area (Å²) in [5.41, 5.74) is 1.36. The maximum Gasteiger partial charge on any atom is 0.419 e. The van der Waals surface area contributed by atoms with E-state index in [0.29, 0.717) is 36.3 Å². The minimum absolute atomic E-state index is 0.296. The van der Waals surface area contributed by atoms with Gasteiger partial charge in [0.1, 0.15) is 12.1 Å². The van der Waals surface area contributed by atoms with E-state index in [1.54, 1.807) is 30.0 Å². The molecule has 1 N–H and O–H groups in total. The van der Waals surface area contributed by atoms with Crippen molar-refractivity contribution < 1.29 is 27.1 Å². The minimum Gasteiger partial charge on any atom is -0.439 e. The Morgan fingerprint density at radius 3 is 2.82 bits per heavy atom. The molecule has 0 aliphatic carbocycles. The van der Waals surface area contributed by atoms with E-state index >= 15 is 0 Å². The molecule has 11 heteroatoms. The average Bonchev–Trinajstić information content (AvgIpc) is 3.41. The van der Waals surface area contributed by atoms with Crippen LogP contribution >= 0.6 is 11.8 Å². The number of nitrogens with zero attached hydrogens (tertiary/aromatic N) is 3. The molecule has 0 unspecified atom stereocenters. The molecule has 170 valence electrons. The topological polar surface area (TPSA) is 67.4 Å². The molecular weight excluding hydrogens is 460 g/mol. The highest BCUT2D eigenvalue weighted by Crippen LogP contribution is 2.38. The molecule has 2 amide bonds. The van der Waals surface area contributed by atoms with Crippen molar-refractivity contribution in [2.75, 3.05) is 16.8 Å². The van der Waals surface area contributed by atoms with Gasteiger partial charge in [-0.2, -0.15) is 24.9 Å². The van der Waals surface area contributed by atoms with Crippen LogP contribution in [0.3, 0.4) is 0 Å². The molecule has 0 saturated carbocycles. The van der Waals surface area contributed by atoms with E-state index < -0.39 is 29.3 Å². The molecule has 5 rings (SSSR count). The smallest absolute Gasteiger partial charge is 0.419 e. The average molecular weight is 476 g/mol. The number of benzene rings is 2. The number of fused-ring (bicyclic) bond motifs is 2. The number of hydrogen-bond acceptors (Lipinski definition) is 5. The largest absolute Gasteiger partial charge is 0.439 e. The van der Waals surface area contributed by atoms with Crippen molar-refractivity contribution in [2.24, 2.45) is 0 Å². The zero-order valence-corrected chi connectivity index (χ0v) is 17.8. The fourth-order valence-electron chi connectivity index (χ4n) is 3.83. The predicted molar refractivity (Wildman–Crippen MR) is 115 cm³/mol. The zero-order valence-electron chi connectivity index (χ0n) is 16.9. The van der Waals surface area contributed by atoms with Gasteiger partial charge in [-0.1, -0.05) is 6.07 Å². The first kappa shape index (κ1) is 21.5. The molecular formula is C22H16F4N4O2S. The molecule has 0 fully saturated rings. The normalized spacial score (nSPS) is 14.7. The van der Waals surface area contributed by atoms with Gasteiger partial charge in [0.05, 0.1) is 16.9 Å². The van der Waals surface area contributed by atoms with Crippen molar-refractivity contribution in [1.82, 2.24) is 9.97 Å². The van der Waals surface area contributed by atoms with Crippen molar-refractivity contribution in [3.05, 3.63) is 70.9 Å². The third-order valence-corrected chi connectivity index (χ3v) is 6.40. The van der Waals surface area contributed by atoms with E-state index in [4.69, 9.17) is 4.74 Å². The van der Waals surface area contributed by atoms with Crippen LogP contribution in [0.5, 0.6) is 11.6 Å². The number of ether oxygens (including phenoxy) is 1. The van der Waals surface area contributed by atoms with Gasteiger partial charge in [-0.3, -0.25) is 4.90 Å². The van der Waals surface area contributed by atoms with Crippen molar-refractivity contribution in [3.63, 3.8) is 0 Å². The van der Waals surface area contributed by atoms with E-state index in [-0.39, 0.29) is 0 Å². The van der Waals surface area contributed by atoms with E-state index in [0.717, 1.165) is 40.5 Å². The monoisotopic (exact) mass is 476 g/mol. The number of hydrogen-bond donors (Lipinski definition) is 1. The molecule has 6 nitrogen and oxygen atoms in total. The second-order valence-corrected chi connectivity index (χ2v) is 8.47. The molecule has 2 aliphatic rings. The molecule has 3 heterocycles. The molecule has 3 aromatic rings. The third-order valence-electron chi connectivity index (χ3n) is 5.43. The van der Waals surface area contributed by atoms with Crippen LogP contribution < -0.4 is 15.0 Å². The Hall–Kier alpha value is -3.34. The van der Waals surface area contributed by atoms with E-state index in [9.17, 15) is 22.4 Å². The van der Waals surface area contributed by atoms with Gasteiger partial charge in [-0.25, -0.2) is 19.2 Å². The molecule has 0 bridgehead atoms. The highest BCUT2D eigenvalue weighted by molar-refractivity contribution is 7.98. The molecule has 0 saturated heterocycles. The quantitative estimate of drug-likeness (QED) is 0.487. The highest BCUT2D eigenvalue weighted by atomic mass is 32.2. The number of amides is 2. The lowest BCUT2D eigenvalue weighted by atomic mass is 10.1. The number of rotatable bonds is 3. The van der Waals surface area contributed by atoms with Crippen LogP contribution in [0.1, 0.15) is 22.4 Å². The molecule has 33 heavy (non-hydrogen) atoms. The Kier molecular flexibility index (Phi) is 5.35. The summed E-state index contributed by atoms with van der Waals surface area (Å²) in [5.74, 6) is 1.12. The van der Waals surface area contributed by atoms with Gasteiger partial charge < -0.3 is 10.1 Å². The van der Waals surface area contributed by atoms with Crippen molar-refractivity contribution in [2.45, 2.75) is 24.1 Å². The molecule has 1 aromatic heterocycles. The first-order chi connectivity index (χ1) is 15.8. The SMILES string of the molecule is O=C(Nc1cccc(C(F)(F)F)c1F)N1CCc2cc(Oc3ncnc4c3CSC4)ccc21. The number of carbonyl (C=O) groups excluding carboxylic acids is 1. The first-order valence-electron chi connectivity index (χ1n) is 9.97. The summed E-state index contributed by atoms with van der Waals surface area (Å²) in [4.78, 5) is 22.6. The van der Waals surface area contributed by atoms with Crippen molar-refractivity contribution in [1.29, 1.82) is 0 Å². The molecule has 2 aliphatic heterocycles. The Morgan fingerprint density at radius 1 is 1.15 bits per heavy atom. The van der Waals surface area contributed by atoms with Crippen molar-refractivity contribution in [3.8, 4) is 11.6 Å². The zero-order chi connectivity index (χ0) is 23.2. The van der Waals surface area contributed by atoms with E-state index in [1.807, 2.05) is 0 Å². The van der Waals surface area contributed by atoms with Crippen LogP contribution in [0, 0.1) is 5.82 Å². The second kappa shape index (κ2) is 8.22. The summed E-state index contributed by atoms with van der Waals surface area (Å²) in [5, 5.41) is 2.25. The number of urea groups is 1. The number of alkyl halides is 3. The molecule has 0 atom stereocenters. The van der Waals surface area contributed by atoms with Crippen LogP contribution in [-0.2, 0) is 24.1 Å². The van der Waals surface area contributed by atoms with Crippen LogP contribution in [-0.4, -0.2) is 22.5 Å². The summed E-state index contributed by atoms with van der Waals surface area (Å²) in [7, 11) is 0. The number of halogens is 4. The standard InChI is InChI=1S/C22H16F4N4O2S/c23-19-15(22(24,25)26)2-1-3-16(19)29-21(31)30-7-6-12-8-13(4-5-18(12)30)32-20-14-9-33-10-17(14)27-11-28-20/h1-5,8,11H,6-7,9-10H2,(H,29,31).